The number of ether oxygens (including phenoxy) is 3. The smallest absolute Gasteiger partial charge is 0.488 e. The average Bonchev–Trinajstić information content (AvgIpc) is 2.55. The summed E-state index contributed by atoms with van der Waals surface area (Å²) in [5, 5.41) is 0. The normalized spacial score (nSPS) is 10.3. The van der Waals surface area contributed by atoms with Gasteiger partial charge in [0.2, 0.25) is 0 Å². The Morgan fingerprint density at radius 3 is 2.61 bits per heavy atom. The third-order valence-corrected chi connectivity index (χ3v) is 4.47. The van der Waals surface area contributed by atoms with Crippen LogP contribution in [0, 0.1) is 10.5 Å². The topological polar surface area (TPSA) is 44.8 Å². The minimum atomic E-state index is -0.739. The molecule has 0 heterocycles. The highest BCUT2D eigenvalue weighted by atomic mass is 127. The van der Waals surface area contributed by atoms with Crippen LogP contribution in [0.15, 0.2) is 36.4 Å². The Kier molecular flexibility index (Phi) is 6.27. The molecule has 0 radical (unpaired) electrons. The van der Waals surface area contributed by atoms with E-state index >= 15 is 0 Å². The van der Waals surface area contributed by atoms with E-state index < -0.39 is 6.16 Å². The molecule has 0 amide bonds. The Bertz CT molecular complexity index is 697. The number of rotatable bonds is 5. The third kappa shape index (κ3) is 4.60. The zero-order chi connectivity index (χ0) is 16.8. The summed E-state index contributed by atoms with van der Waals surface area (Å²) in [5.41, 5.74) is 3.18. The van der Waals surface area contributed by atoms with E-state index in [1.54, 1.807) is 6.07 Å². The van der Waals surface area contributed by atoms with Crippen molar-refractivity contribution < 1.29 is 19.0 Å². The van der Waals surface area contributed by atoms with Crippen LogP contribution in [0.3, 0.4) is 0 Å². The highest BCUT2D eigenvalue weighted by molar-refractivity contribution is 14.1. The molecule has 0 aromatic heterocycles. The molecular weight excluding hydrogens is 407 g/mol. The van der Waals surface area contributed by atoms with Crippen molar-refractivity contribution in [3.05, 3.63) is 56.7 Å². The van der Waals surface area contributed by atoms with Crippen molar-refractivity contribution in [3.8, 4) is 11.5 Å². The number of hydrogen-bond acceptors (Lipinski definition) is 4. The quantitative estimate of drug-likeness (QED) is 0.388. The lowest BCUT2D eigenvalue weighted by Crippen LogP contribution is -2.10. The van der Waals surface area contributed by atoms with E-state index in [2.05, 4.69) is 46.4 Å². The molecule has 2 aromatic carbocycles. The Hall–Kier alpha value is -1.76. The molecule has 4 nitrogen and oxygen atoms in total. The summed E-state index contributed by atoms with van der Waals surface area (Å²) < 4.78 is 16.6. The number of hydrogen-bond donors (Lipinski definition) is 0. The van der Waals surface area contributed by atoms with Crippen molar-refractivity contribution in [1.29, 1.82) is 0 Å². The zero-order valence-electron chi connectivity index (χ0n) is 13.4. The summed E-state index contributed by atoms with van der Waals surface area (Å²) in [6.45, 7) is 4.46. The van der Waals surface area contributed by atoms with Crippen molar-refractivity contribution in [3.63, 3.8) is 0 Å². The first-order valence-electron chi connectivity index (χ1n) is 7.30. The number of halogens is 1. The van der Waals surface area contributed by atoms with Gasteiger partial charge in [-0.3, -0.25) is 0 Å². The summed E-state index contributed by atoms with van der Waals surface area (Å²) in [6.07, 6.45) is 0.256. The molecule has 0 aliphatic heterocycles. The van der Waals surface area contributed by atoms with E-state index in [0.717, 1.165) is 26.9 Å². The first-order chi connectivity index (χ1) is 11.0. The molecule has 0 fully saturated rings. The van der Waals surface area contributed by atoms with Gasteiger partial charge in [-0.2, -0.15) is 0 Å². The lowest BCUT2D eigenvalue weighted by molar-refractivity contribution is 0.120. The molecule has 2 aromatic rings. The van der Waals surface area contributed by atoms with Gasteiger partial charge in [0, 0.05) is 9.13 Å². The summed E-state index contributed by atoms with van der Waals surface area (Å²) >= 11 is 2.20. The van der Waals surface area contributed by atoms with Gasteiger partial charge < -0.3 is 14.2 Å². The molecule has 5 heteroatoms. The van der Waals surface area contributed by atoms with Gasteiger partial charge >= 0.3 is 6.16 Å². The van der Waals surface area contributed by atoms with Crippen LogP contribution in [-0.4, -0.2) is 13.3 Å². The van der Waals surface area contributed by atoms with Gasteiger partial charge in [-0.1, -0.05) is 25.1 Å². The molecule has 2 rings (SSSR count). The average molecular weight is 426 g/mol. The standard InChI is InChI=1S/C18H19IO4/c1-4-13-8-9-16(12(2)10-13)22-11-14-15(19)6-5-7-17(14)23-18(20)21-3/h5-10H,4,11H2,1-3H3. The summed E-state index contributed by atoms with van der Waals surface area (Å²) in [7, 11) is 1.28. The number of carbonyl (C=O) groups is 1. The SMILES string of the molecule is CCc1ccc(OCc2c(I)cccc2OC(=O)OC)c(C)c1. The van der Waals surface area contributed by atoms with Crippen LogP contribution in [0.5, 0.6) is 11.5 Å². The van der Waals surface area contributed by atoms with Gasteiger partial charge in [-0.05, 0) is 65.3 Å². The van der Waals surface area contributed by atoms with Crippen molar-refractivity contribution in [2.75, 3.05) is 7.11 Å². The number of methoxy groups -OCH3 is 1. The van der Waals surface area contributed by atoms with Crippen molar-refractivity contribution in [1.82, 2.24) is 0 Å². The Morgan fingerprint density at radius 1 is 1.17 bits per heavy atom. The van der Waals surface area contributed by atoms with Crippen LogP contribution in [0.1, 0.15) is 23.6 Å². The van der Waals surface area contributed by atoms with Gasteiger partial charge in [-0.15, -0.1) is 0 Å². The lowest BCUT2D eigenvalue weighted by atomic mass is 10.1. The third-order valence-electron chi connectivity index (χ3n) is 3.46. The van der Waals surface area contributed by atoms with Crippen LogP contribution >= 0.6 is 22.6 Å². The van der Waals surface area contributed by atoms with Gasteiger partial charge in [-0.25, -0.2) is 4.79 Å². The molecule has 0 saturated heterocycles. The minimum Gasteiger partial charge on any atom is -0.488 e. The van der Waals surface area contributed by atoms with Crippen LogP contribution in [-0.2, 0) is 17.8 Å². The van der Waals surface area contributed by atoms with E-state index in [-0.39, 0.29) is 0 Å². The number of aryl methyl sites for hydroxylation is 2. The van der Waals surface area contributed by atoms with E-state index in [1.165, 1.54) is 12.7 Å². The predicted molar refractivity (Wildman–Crippen MR) is 97.1 cm³/mol. The molecule has 0 N–H and O–H groups in total. The lowest BCUT2D eigenvalue weighted by Gasteiger charge is -2.14. The molecule has 0 aliphatic carbocycles. The van der Waals surface area contributed by atoms with Crippen molar-refractivity contribution in [2.24, 2.45) is 0 Å². The van der Waals surface area contributed by atoms with Gasteiger partial charge in [0.15, 0.2) is 0 Å². The van der Waals surface area contributed by atoms with E-state index in [0.29, 0.717) is 12.4 Å². The molecule has 0 atom stereocenters. The molecule has 0 saturated carbocycles. The fraction of sp³-hybridized carbons (Fsp3) is 0.278. The predicted octanol–water partition coefficient (Wildman–Crippen LogP) is 4.89. The van der Waals surface area contributed by atoms with Crippen LogP contribution in [0.2, 0.25) is 0 Å². The Labute approximate surface area is 149 Å². The van der Waals surface area contributed by atoms with Gasteiger partial charge in [0.05, 0.1) is 7.11 Å². The molecule has 0 aliphatic rings. The maximum Gasteiger partial charge on any atom is 0.513 e. The zero-order valence-corrected chi connectivity index (χ0v) is 15.5. The van der Waals surface area contributed by atoms with Crippen LogP contribution < -0.4 is 9.47 Å². The number of carbonyl (C=O) groups excluding carboxylic acids is 1. The van der Waals surface area contributed by atoms with Gasteiger partial charge in [0.25, 0.3) is 0 Å². The second kappa shape index (κ2) is 8.19. The second-order valence-corrected chi connectivity index (χ2v) is 6.18. The fourth-order valence-corrected chi connectivity index (χ4v) is 2.78. The Morgan fingerprint density at radius 2 is 1.96 bits per heavy atom. The van der Waals surface area contributed by atoms with Crippen molar-refractivity contribution in [2.45, 2.75) is 26.9 Å². The van der Waals surface area contributed by atoms with E-state index in [4.69, 9.17) is 9.47 Å². The largest absolute Gasteiger partial charge is 0.513 e. The molecule has 23 heavy (non-hydrogen) atoms. The highest BCUT2D eigenvalue weighted by Crippen LogP contribution is 2.27. The first-order valence-corrected chi connectivity index (χ1v) is 8.38. The molecule has 0 bridgehead atoms. The van der Waals surface area contributed by atoms with Crippen molar-refractivity contribution >= 4 is 28.7 Å². The summed E-state index contributed by atoms with van der Waals surface area (Å²) in [6, 6.07) is 11.7. The monoisotopic (exact) mass is 426 g/mol. The molecule has 122 valence electrons. The molecular formula is C18H19IO4. The Balaban J connectivity index is 2.18. The summed E-state index contributed by atoms with van der Waals surface area (Å²) in [5.74, 6) is 1.28. The number of benzene rings is 2. The molecule has 0 unspecified atom stereocenters. The minimum absolute atomic E-state index is 0.317. The van der Waals surface area contributed by atoms with Crippen LogP contribution in [0.25, 0.3) is 0 Å². The van der Waals surface area contributed by atoms with Gasteiger partial charge in [0.1, 0.15) is 18.1 Å². The maximum absolute atomic E-state index is 11.4. The van der Waals surface area contributed by atoms with E-state index in [9.17, 15) is 4.79 Å². The highest BCUT2D eigenvalue weighted by Gasteiger charge is 2.13. The molecule has 0 spiro atoms. The summed E-state index contributed by atoms with van der Waals surface area (Å²) in [4.78, 5) is 11.4. The van der Waals surface area contributed by atoms with Crippen LogP contribution in [0.4, 0.5) is 4.79 Å². The first kappa shape index (κ1) is 17.6. The fourth-order valence-electron chi connectivity index (χ4n) is 2.15. The second-order valence-electron chi connectivity index (χ2n) is 5.01. The maximum atomic E-state index is 11.4. The van der Waals surface area contributed by atoms with E-state index in [1.807, 2.05) is 25.1 Å².